The molecule has 2 aromatic rings. The molecule has 0 unspecified atom stereocenters. The fraction of sp³-hybridized carbons (Fsp3) is 0.150. The SMILES string of the molecule is COC(=O)/C(=C\c1ccc(C)cc1)CC#Cc1ccccc1. The van der Waals surface area contributed by atoms with Gasteiger partial charge in [0.2, 0.25) is 0 Å². The molecule has 110 valence electrons. The Balaban J connectivity index is 2.18. The Morgan fingerprint density at radius 1 is 1.09 bits per heavy atom. The number of carbonyl (C=O) groups excluding carboxylic acids is 1. The van der Waals surface area contributed by atoms with Crippen LogP contribution in [0.3, 0.4) is 0 Å². The van der Waals surface area contributed by atoms with Crippen molar-refractivity contribution < 1.29 is 9.53 Å². The van der Waals surface area contributed by atoms with E-state index in [1.165, 1.54) is 12.7 Å². The molecule has 0 spiro atoms. The topological polar surface area (TPSA) is 26.3 Å². The van der Waals surface area contributed by atoms with Gasteiger partial charge in [-0.3, -0.25) is 0 Å². The fourth-order valence-corrected chi connectivity index (χ4v) is 1.94. The van der Waals surface area contributed by atoms with E-state index < -0.39 is 0 Å². The van der Waals surface area contributed by atoms with Gasteiger partial charge in [-0.15, -0.1) is 0 Å². The Labute approximate surface area is 131 Å². The molecule has 0 aliphatic heterocycles. The lowest BCUT2D eigenvalue weighted by Gasteiger charge is -2.02. The van der Waals surface area contributed by atoms with E-state index in [0.717, 1.165) is 11.1 Å². The predicted octanol–water partition coefficient (Wildman–Crippen LogP) is 3.99. The van der Waals surface area contributed by atoms with Crippen molar-refractivity contribution in [3.05, 3.63) is 76.9 Å². The van der Waals surface area contributed by atoms with Crippen LogP contribution in [0.25, 0.3) is 6.08 Å². The van der Waals surface area contributed by atoms with Crippen LogP contribution in [0.15, 0.2) is 60.2 Å². The number of aryl methyl sites for hydroxylation is 1. The normalized spacial score (nSPS) is 10.5. The number of hydrogen-bond donors (Lipinski definition) is 0. The Morgan fingerprint density at radius 2 is 1.77 bits per heavy atom. The molecular formula is C20H18O2. The lowest BCUT2D eigenvalue weighted by atomic mass is 10.1. The molecule has 22 heavy (non-hydrogen) atoms. The summed E-state index contributed by atoms with van der Waals surface area (Å²) in [7, 11) is 1.38. The summed E-state index contributed by atoms with van der Waals surface area (Å²) in [6.45, 7) is 2.03. The maximum atomic E-state index is 11.9. The lowest BCUT2D eigenvalue weighted by molar-refractivity contribution is -0.136. The minimum absolute atomic E-state index is 0.345. The molecule has 0 bridgehead atoms. The zero-order valence-electron chi connectivity index (χ0n) is 12.8. The van der Waals surface area contributed by atoms with Gasteiger partial charge in [0.15, 0.2) is 0 Å². The minimum Gasteiger partial charge on any atom is -0.466 e. The zero-order chi connectivity index (χ0) is 15.8. The van der Waals surface area contributed by atoms with Gasteiger partial charge < -0.3 is 4.74 Å². The van der Waals surface area contributed by atoms with Crippen LogP contribution in [0.1, 0.15) is 23.1 Å². The quantitative estimate of drug-likeness (QED) is 0.485. The van der Waals surface area contributed by atoms with E-state index in [9.17, 15) is 4.79 Å². The molecule has 0 N–H and O–H groups in total. The third-order valence-electron chi connectivity index (χ3n) is 3.15. The predicted molar refractivity (Wildman–Crippen MR) is 89.1 cm³/mol. The van der Waals surface area contributed by atoms with Crippen LogP contribution < -0.4 is 0 Å². The summed E-state index contributed by atoms with van der Waals surface area (Å²) in [6.07, 6.45) is 2.18. The first-order chi connectivity index (χ1) is 10.7. The Hall–Kier alpha value is -2.79. The highest BCUT2D eigenvalue weighted by molar-refractivity contribution is 5.94. The lowest BCUT2D eigenvalue weighted by Crippen LogP contribution is -2.04. The first-order valence-corrected chi connectivity index (χ1v) is 7.08. The minimum atomic E-state index is -0.345. The second-order valence-corrected chi connectivity index (χ2v) is 4.92. The first kappa shape index (κ1) is 15.6. The summed E-state index contributed by atoms with van der Waals surface area (Å²) in [5.41, 5.74) is 3.63. The first-order valence-electron chi connectivity index (χ1n) is 7.08. The van der Waals surface area contributed by atoms with Gasteiger partial charge in [-0.25, -0.2) is 4.79 Å². The number of ether oxygens (including phenoxy) is 1. The smallest absolute Gasteiger partial charge is 0.334 e. The molecule has 2 heteroatoms. The van der Waals surface area contributed by atoms with Gasteiger partial charge in [-0.05, 0) is 30.7 Å². The molecule has 0 saturated heterocycles. The summed E-state index contributed by atoms with van der Waals surface area (Å²) in [4.78, 5) is 11.9. The molecule has 0 radical (unpaired) electrons. The molecule has 0 aliphatic carbocycles. The standard InChI is InChI=1S/C20H18O2/c1-16-11-13-18(14-12-16)15-19(20(21)22-2)10-6-9-17-7-4-3-5-8-17/h3-5,7-8,11-15H,10H2,1-2H3/b19-15-. The fourth-order valence-electron chi connectivity index (χ4n) is 1.94. The van der Waals surface area contributed by atoms with Crippen molar-refractivity contribution in [2.45, 2.75) is 13.3 Å². The third-order valence-corrected chi connectivity index (χ3v) is 3.15. The monoisotopic (exact) mass is 290 g/mol. The van der Waals surface area contributed by atoms with Crippen LogP contribution in [0.2, 0.25) is 0 Å². The van der Waals surface area contributed by atoms with Crippen molar-refractivity contribution in [1.29, 1.82) is 0 Å². The molecule has 0 saturated carbocycles. The van der Waals surface area contributed by atoms with Crippen molar-refractivity contribution in [3.63, 3.8) is 0 Å². The third kappa shape index (κ3) is 4.64. The number of hydrogen-bond acceptors (Lipinski definition) is 2. The van der Waals surface area contributed by atoms with Gasteiger partial charge in [0.05, 0.1) is 7.11 Å². The van der Waals surface area contributed by atoms with E-state index in [4.69, 9.17) is 4.74 Å². The van der Waals surface area contributed by atoms with Crippen molar-refractivity contribution >= 4 is 12.0 Å². The summed E-state index contributed by atoms with van der Waals surface area (Å²) in [6, 6.07) is 17.7. The van der Waals surface area contributed by atoms with Gasteiger partial charge in [-0.1, -0.05) is 59.9 Å². The van der Waals surface area contributed by atoms with E-state index in [-0.39, 0.29) is 5.97 Å². The van der Waals surface area contributed by atoms with Crippen LogP contribution in [0.5, 0.6) is 0 Å². The maximum Gasteiger partial charge on any atom is 0.334 e. The molecule has 2 aromatic carbocycles. The molecular weight excluding hydrogens is 272 g/mol. The maximum absolute atomic E-state index is 11.9. The second-order valence-electron chi connectivity index (χ2n) is 4.92. The van der Waals surface area contributed by atoms with Crippen LogP contribution in [0, 0.1) is 18.8 Å². The largest absolute Gasteiger partial charge is 0.466 e. The highest BCUT2D eigenvalue weighted by Gasteiger charge is 2.08. The highest BCUT2D eigenvalue weighted by Crippen LogP contribution is 2.12. The molecule has 0 aromatic heterocycles. The Kier molecular flexibility index (Phi) is 5.57. The average molecular weight is 290 g/mol. The van der Waals surface area contributed by atoms with Crippen LogP contribution in [-0.4, -0.2) is 13.1 Å². The molecule has 0 aliphatic rings. The number of carbonyl (C=O) groups is 1. The second kappa shape index (κ2) is 7.85. The van der Waals surface area contributed by atoms with Crippen molar-refractivity contribution in [3.8, 4) is 11.8 Å². The van der Waals surface area contributed by atoms with Crippen LogP contribution >= 0.6 is 0 Å². The number of rotatable bonds is 3. The zero-order valence-corrected chi connectivity index (χ0v) is 12.8. The summed E-state index contributed by atoms with van der Waals surface area (Å²) in [5, 5.41) is 0. The van der Waals surface area contributed by atoms with E-state index in [1.54, 1.807) is 0 Å². The number of benzene rings is 2. The summed E-state index contributed by atoms with van der Waals surface area (Å²) in [5.74, 6) is 5.74. The summed E-state index contributed by atoms with van der Waals surface area (Å²) < 4.78 is 4.84. The van der Waals surface area contributed by atoms with Gasteiger partial charge in [0.25, 0.3) is 0 Å². The van der Waals surface area contributed by atoms with Crippen molar-refractivity contribution in [1.82, 2.24) is 0 Å². The van der Waals surface area contributed by atoms with Crippen LogP contribution in [0.4, 0.5) is 0 Å². The van der Waals surface area contributed by atoms with Crippen molar-refractivity contribution in [2.24, 2.45) is 0 Å². The number of methoxy groups -OCH3 is 1. The highest BCUT2D eigenvalue weighted by atomic mass is 16.5. The molecule has 2 rings (SSSR count). The van der Waals surface area contributed by atoms with E-state index in [2.05, 4.69) is 11.8 Å². The van der Waals surface area contributed by atoms with E-state index in [0.29, 0.717) is 12.0 Å². The van der Waals surface area contributed by atoms with E-state index >= 15 is 0 Å². The molecule has 2 nitrogen and oxygen atoms in total. The molecule has 0 atom stereocenters. The van der Waals surface area contributed by atoms with E-state index in [1.807, 2.05) is 67.6 Å². The van der Waals surface area contributed by atoms with Gasteiger partial charge in [0, 0.05) is 17.6 Å². The Bertz CT molecular complexity index is 714. The Morgan fingerprint density at radius 3 is 2.41 bits per heavy atom. The molecule has 0 amide bonds. The van der Waals surface area contributed by atoms with Gasteiger partial charge >= 0.3 is 5.97 Å². The van der Waals surface area contributed by atoms with Gasteiger partial charge in [-0.2, -0.15) is 0 Å². The van der Waals surface area contributed by atoms with Crippen LogP contribution in [-0.2, 0) is 9.53 Å². The van der Waals surface area contributed by atoms with Crippen molar-refractivity contribution in [2.75, 3.05) is 7.11 Å². The molecule has 0 fully saturated rings. The number of esters is 1. The van der Waals surface area contributed by atoms with Gasteiger partial charge in [0.1, 0.15) is 0 Å². The molecule has 0 heterocycles. The average Bonchev–Trinajstić information content (AvgIpc) is 2.56. The summed E-state index contributed by atoms with van der Waals surface area (Å²) >= 11 is 0.